The highest BCUT2D eigenvalue weighted by atomic mass is 16.5. The number of furan rings is 1. The van der Waals surface area contributed by atoms with Gasteiger partial charge in [0.15, 0.2) is 11.3 Å². The standard InChI is InChI=1S/C26H25N7O3/c1-5-17-8-16(6-7-35-17)33-24-19-9-18(21-13-31(3)14-28-21)20(27-2)10-22(19)36-25(24)23(30-26(33)34)15-11-29-32(4)12-15/h9-14,16-17H,5-8H2,1,3-4H3/t16-,17-/m0/s1. The third-order valence-electron chi connectivity index (χ3n) is 6.89. The molecule has 1 saturated heterocycles. The Balaban J connectivity index is 1.69. The third-order valence-corrected chi connectivity index (χ3v) is 6.89. The molecule has 36 heavy (non-hydrogen) atoms. The largest absolute Gasteiger partial charge is 0.453 e. The van der Waals surface area contributed by atoms with Crippen LogP contribution in [-0.2, 0) is 18.8 Å². The molecule has 1 aliphatic rings. The Labute approximate surface area is 206 Å². The van der Waals surface area contributed by atoms with Crippen LogP contribution in [0.15, 0.2) is 46.3 Å². The molecule has 1 aliphatic heterocycles. The van der Waals surface area contributed by atoms with E-state index in [-0.39, 0.29) is 17.8 Å². The van der Waals surface area contributed by atoms with Crippen LogP contribution in [0.4, 0.5) is 5.69 Å². The topological polar surface area (TPSA) is 97.3 Å². The van der Waals surface area contributed by atoms with Gasteiger partial charge in [-0.1, -0.05) is 13.0 Å². The summed E-state index contributed by atoms with van der Waals surface area (Å²) in [6, 6.07) is 3.57. The molecule has 0 aliphatic carbocycles. The van der Waals surface area contributed by atoms with Gasteiger partial charge in [0, 0.05) is 55.7 Å². The number of aromatic nitrogens is 6. The van der Waals surface area contributed by atoms with E-state index in [2.05, 4.69) is 26.8 Å². The van der Waals surface area contributed by atoms with Crippen molar-refractivity contribution < 1.29 is 9.15 Å². The lowest BCUT2D eigenvalue weighted by molar-refractivity contribution is -0.00709. The predicted octanol–water partition coefficient (Wildman–Crippen LogP) is 4.62. The van der Waals surface area contributed by atoms with E-state index in [9.17, 15) is 4.79 Å². The van der Waals surface area contributed by atoms with Gasteiger partial charge in [-0.15, -0.1) is 0 Å². The number of imidazole rings is 1. The van der Waals surface area contributed by atoms with Gasteiger partial charge in [0.2, 0.25) is 0 Å². The quantitative estimate of drug-likeness (QED) is 0.346. The second-order valence-electron chi connectivity index (χ2n) is 9.28. The van der Waals surface area contributed by atoms with Crippen LogP contribution in [0, 0.1) is 6.57 Å². The van der Waals surface area contributed by atoms with Gasteiger partial charge in [-0.2, -0.15) is 10.1 Å². The van der Waals surface area contributed by atoms with E-state index >= 15 is 0 Å². The molecule has 1 fully saturated rings. The van der Waals surface area contributed by atoms with E-state index in [0.717, 1.165) is 18.2 Å². The number of ether oxygens (including phenoxy) is 1. The summed E-state index contributed by atoms with van der Waals surface area (Å²) in [7, 11) is 3.70. The summed E-state index contributed by atoms with van der Waals surface area (Å²) < 4.78 is 17.5. The van der Waals surface area contributed by atoms with Crippen molar-refractivity contribution in [1.29, 1.82) is 0 Å². The van der Waals surface area contributed by atoms with Gasteiger partial charge in [0.05, 0.1) is 30.9 Å². The smallest absolute Gasteiger partial charge is 0.349 e. The molecule has 1 aromatic carbocycles. The molecule has 5 heterocycles. The molecule has 0 amide bonds. The van der Waals surface area contributed by atoms with Crippen LogP contribution in [-0.4, -0.2) is 41.6 Å². The van der Waals surface area contributed by atoms with Crippen molar-refractivity contribution in [2.24, 2.45) is 14.1 Å². The molecule has 10 nitrogen and oxygen atoms in total. The molecule has 182 valence electrons. The predicted molar refractivity (Wildman–Crippen MR) is 135 cm³/mol. The minimum atomic E-state index is -0.334. The average Bonchev–Trinajstić information content (AvgIpc) is 3.61. The molecule has 0 radical (unpaired) electrons. The Morgan fingerprint density at radius 3 is 2.81 bits per heavy atom. The van der Waals surface area contributed by atoms with Crippen LogP contribution in [0.5, 0.6) is 0 Å². The van der Waals surface area contributed by atoms with E-state index in [1.165, 1.54) is 0 Å². The third kappa shape index (κ3) is 3.51. The van der Waals surface area contributed by atoms with Gasteiger partial charge < -0.3 is 13.7 Å². The fraction of sp³-hybridized carbons (Fsp3) is 0.346. The van der Waals surface area contributed by atoms with Gasteiger partial charge in [0.25, 0.3) is 0 Å². The van der Waals surface area contributed by atoms with Gasteiger partial charge in [-0.3, -0.25) is 9.25 Å². The summed E-state index contributed by atoms with van der Waals surface area (Å²) in [5.74, 6) is 0. The Kier molecular flexibility index (Phi) is 5.23. The van der Waals surface area contributed by atoms with Gasteiger partial charge in [0.1, 0.15) is 16.8 Å². The maximum absolute atomic E-state index is 13.6. The highest BCUT2D eigenvalue weighted by molar-refractivity contribution is 6.09. The Hall–Kier alpha value is -4.23. The SMILES string of the molecule is [C-]#[N+]c1cc2oc3c(-c4cnn(C)c4)nc(=O)n([C@H]4CCO[C@@H](CC)C4)c3c2cc1-c1cn(C)cn1. The summed E-state index contributed by atoms with van der Waals surface area (Å²) in [5, 5.41) is 5.01. The van der Waals surface area contributed by atoms with Crippen LogP contribution < -0.4 is 5.69 Å². The molecule has 4 aromatic heterocycles. The van der Waals surface area contributed by atoms with Crippen LogP contribution >= 0.6 is 0 Å². The number of nitrogens with zero attached hydrogens (tertiary/aromatic N) is 7. The van der Waals surface area contributed by atoms with Crippen molar-refractivity contribution in [3.05, 3.63) is 59.0 Å². The zero-order chi connectivity index (χ0) is 25.0. The molecule has 0 N–H and O–H groups in total. The molecule has 0 saturated carbocycles. The van der Waals surface area contributed by atoms with E-state index in [1.807, 2.05) is 37.1 Å². The van der Waals surface area contributed by atoms with Crippen molar-refractivity contribution in [1.82, 2.24) is 28.9 Å². The minimum Gasteiger partial charge on any atom is -0.453 e. The summed E-state index contributed by atoms with van der Waals surface area (Å²) in [6.07, 6.45) is 9.44. The zero-order valence-corrected chi connectivity index (χ0v) is 20.3. The van der Waals surface area contributed by atoms with Gasteiger partial charge in [-0.05, 0) is 25.3 Å². The highest BCUT2D eigenvalue weighted by Gasteiger charge is 2.29. The molecule has 0 unspecified atom stereocenters. The summed E-state index contributed by atoms with van der Waals surface area (Å²) in [4.78, 5) is 26.3. The molecular weight excluding hydrogens is 458 g/mol. The second kappa shape index (κ2) is 8.46. The monoisotopic (exact) mass is 483 g/mol. The fourth-order valence-corrected chi connectivity index (χ4v) is 5.12. The van der Waals surface area contributed by atoms with Crippen molar-refractivity contribution >= 4 is 27.8 Å². The number of aryl methyl sites for hydroxylation is 2. The Morgan fingerprint density at radius 1 is 1.25 bits per heavy atom. The zero-order valence-electron chi connectivity index (χ0n) is 20.3. The lowest BCUT2D eigenvalue weighted by Gasteiger charge is -2.30. The molecular formula is C26H25N7O3. The maximum Gasteiger partial charge on any atom is 0.349 e. The first-order valence-corrected chi connectivity index (χ1v) is 12.0. The molecule has 0 spiro atoms. The first kappa shape index (κ1) is 22.2. The lowest BCUT2D eigenvalue weighted by Crippen LogP contribution is -2.34. The maximum atomic E-state index is 13.6. The Morgan fingerprint density at radius 2 is 2.11 bits per heavy atom. The summed E-state index contributed by atoms with van der Waals surface area (Å²) >= 11 is 0. The molecule has 2 atom stereocenters. The number of hydrogen-bond donors (Lipinski definition) is 0. The van der Waals surface area contributed by atoms with Crippen molar-refractivity contribution in [2.75, 3.05) is 6.61 Å². The van der Waals surface area contributed by atoms with Gasteiger partial charge in [-0.25, -0.2) is 14.6 Å². The number of fused-ring (bicyclic) bond motifs is 3. The Bertz CT molecular complexity index is 1720. The van der Waals surface area contributed by atoms with Crippen LogP contribution in [0.2, 0.25) is 0 Å². The first-order valence-electron chi connectivity index (χ1n) is 12.0. The second-order valence-corrected chi connectivity index (χ2v) is 9.28. The molecule has 0 bridgehead atoms. The van der Waals surface area contributed by atoms with Crippen LogP contribution in [0.1, 0.15) is 32.2 Å². The van der Waals surface area contributed by atoms with E-state index in [0.29, 0.717) is 57.9 Å². The number of benzene rings is 1. The minimum absolute atomic E-state index is 0.0752. The highest BCUT2D eigenvalue weighted by Crippen LogP contribution is 2.41. The van der Waals surface area contributed by atoms with Crippen LogP contribution in [0.3, 0.4) is 0 Å². The molecule has 6 rings (SSSR count). The lowest BCUT2D eigenvalue weighted by atomic mass is 10.00. The van der Waals surface area contributed by atoms with Crippen molar-refractivity contribution in [3.8, 4) is 22.5 Å². The number of hydrogen-bond acceptors (Lipinski definition) is 6. The van der Waals surface area contributed by atoms with Crippen molar-refractivity contribution in [3.63, 3.8) is 0 Å². The molecule has 10 heteroatoms. The van der Waals surface area contributed by atoms with E-state index < -0.39 is 0 Å². The first-order chi connectivity index (χ1) is 17.5. The van der Waals surface area contributed by atoms with E-state index in [1.54, 1.807) is 27.8 Å². The van der Waals surface area contributed by atoms with Gasteiger partial charge >= 0.3 is 5.69 Å². The van der Waals surface area contributed by atoms with Crippen molar-refractivity contribution in [2.45, 2.75) is 38.3 Å². The number of rotatable bonds is 4. The summed E-state index contributed by atoms with van der Waals surface area (Å²) in [6.45, 7) is 10.4. The average molecular weight is 484 g/mol. The van der Waals surface area contributed by atoms with E-state index in [4.69, 9.17) is 15.7 Å². The summed E-state index contributed by atoms with van der Waals surface area (Å²) in [5.41, 5.74) is 4.33. The molecule has 5 aromatic rings. The van der Waals surface area contributed by atoms with Crippen LogP contribution in [0.25, 0.3) is 49.4 Å². The normalized spacial score (nSPS) is 18.2. The fourth-order valence-electron chi connectivity index (χ4n) is 5.12.